The Kier molecular flexibility index (Phi) is 5.20. The molecule has 1 amide bonds. The van der Waals surface area contributed by atoms with Gasteiger partial charge >= 0.3 is 0 Å². The van der Waals surface area contributed by atoms with Crippen LogP contribution in [0.3, 0.4) is 0 Å². The van der Waals surface area contributed by atoms with Crippen molar-refractivity contribution in [3.8, 4) is 0 Å². The zero-order valence-electron chi connectivity index (χ0n) is 14.4. The highest BCUT2D eigenvalue weighted by Gasteiger charge is 2.22. The molecule has 0 spiro atoms. The maximum absolute atomic E-state index is 13.1. The second kappa shape index (κ2) is 7.37. The van der Waals surface area contributed by atoms with Crippen LogP contribution in [0.15, 0.2) is 35.8 Å². The molecule has 0 aliphatic rings. The lowest BCUT2D eigenvalue weighted by atomic mass is 10.1. The molecule has 7 heteroatoms. The summed E-state index contributed by atoms with van der Waals surface area (Å²) in [6, 6.07) is 7.13. The Morgan fingerprint density at radius 2 is 2.04 bits per heavy atom. The van der Waals surface area contributed by atoms with Gasteiger partial charge < -0.3 is 4.90 Å². The van der Waals surface area contributed by atoms with Crippen LogP contribution >= 0.6 is 22.9 Å². The van der Waals surface area contributed by atoms with Crippen LogP contribution in [0.25, 0.3) is 0 Å². The van der Waals surface area contributed by atoms with Crippen molar-refractivity contribution in [3.05, 3.63) is 68.4 Å². The Labute approximate surface area is 155 Å². The number of benzene rings is 1. The second-order valence-corrected chi connectivity index (χ2v) is 7.23. The molecule has 0 aliphatic carbocycles. The lowest BCUT2D eigenvalue weighted by Gasteiger charge is -2.22. The quantitative estimate of drug-likeness (QED) is 0.678. The van der Waals surface area contributed by atoms with Crippen molar-refractivity contribution in [2.75, 3.05) is 0 Å². The third kappa shape index (κ3) is 3.75. The molecule has 1 aromatic carbocycles. The number of carbonyl (C=O) groups is 1. The number of aryl methyl sites for hydroxylation is 2. The molecular formula is C18H19ClN4OS. The summed E-state index contributed by atoms with van der Waals surface area (Å²) in [5.74, 6) is -0.108. The maximum atomic E-state index is 13.1. The molecule has 0 atom stereocenters. The highest BCUT2D eigenvalue weighted by Crippen LogP contribution is 2.22. The molecule has 25 heavy (non-hydrogen) atoms. The summed E-state index contributed by atoms with van der Waals surface area (Å²) in [5.41, 5.74) is 3.53. The Bertz CT molecular complexity index is 889. The third-order valence-electron chi connectivity index (χ3n) is 4.21. The standard InChI is InChI=1S/C18H19ClN4OS/c1-12-15(13(2)22(3)21-12)10-23(11-17-20-8-9-25-17)18(24)14-6-4-5-7-16(14)19/h4-9H,10-11H2,1-3H3. The Balaban J connectivity index is 1.95. The molecule has 0 aliphatic heterocycles. The predicted octanol–water partition coefficient (Wildman–Crippen LogP) is 3.99. The van der Waals surface area contributed by atoms with Crippen LogP contribution in [0.4, 0.5) is 0 Å². The highest BCUT2D eigenvalue weighted by atomic mass is 35.5. The Morgan fingerprint density at radius 1 is 1.28 bits per heavy atom. The van der Waals surface area contributed by atoms with Gasteiger partial charge in [0, 0.05) is 29.9 Å². The molecule has 3 aromatic rings. The topological polar surface area (TPSA) is 51.0 Å². The molecule has 0 bridgehead atoms. The summed E-state index contributed by atoms with van der Waals surface area (Å²) in [4.78, 5) is 19.2. The zero-order chi connectivity index (χ0) is 18.0. The molecule has 0 unspecified atom stereocenters. The molecule has 3 rings (SSSR count). The van der Waals surface area contributed by atoms with Crippen molar-refractivity contribution < 1.29 is 4.79 Å². The second-order valence-electron chi connectivity index (χ2n) is 5.84. The van der Waals surface area contributed by atoms with Crippen LogP contribution in [0.5, 0.6) is 0 Å². The van der Waals surface area contributed by atoms with Gasteiger partial charge in [-0.1, -0.05) is 23.7 Å². The van der Waals surface area contributed by atoms with Crippen molar-refractivity contribution in [2.24, 2.45) is 7.05 Å². The van der Waals surface area contributed by atoms with E-state index in [1.54, 1.807) is 23.2 Å². The fourth-order valence-electron chi connectivity index (χ4n) is 2.74. The van der Waals surface area contributed by atoms with Crippen LogP contribution in [0.2, 0.25) is 5.02 Å². The van der Waals surface area contributed by atoms with Crippen LogP contribution < -0.4 is 0 Å². The van der Waals surface area contributed by atoms with Crippen LogP contribution in [0.1, 0.15) is 32.3 Å². The number of carbonyl (C=O) groups excluding carboxylic acids is 1. The van der Waals surface area contributed by atoms with Gasteiger partial charge in [0.25, 0.3) is 5.91 Å². The largest absolute Gasteiger partial charge is 0.327 e. The van der Waals surface area contributed by atoms with E-state index in [1.165, 1.54) is 11.3 Å². The van der Waals surface area contributed by atoms with Gasteiger partial charge in [0.15, 0.2) is 0 Å². The first kappa shape index (κ1) is 17.6. The molecule has 5 nitrogen and oxygen atoms in total. The van der Waals surface area contributed by atoms with Gasteiger partial charge in [-0.2, -0.15) is 5.10 Å². The molecule has 0 fully saturated rings. The lowest BCUT2D eigenvalue weighted by Crippen LogP contribution is -2.30. The normalized spacial score (nSPS) is 10.9. The summed E-state index contributed by atoms with van der Waals surface area (Å²) in [7, 11) is 1.91. The third-order valence-corrected chi connectivity index (χ3v) is 5.30. The Hall–Kier alpha value is -2.18. The molecule has 2 aromatic heterocycles. The first-order valence-electron chi connectivity index (χ1n) is 7.88. The van der Waals surface area contributed by atoms with E-state index in [0.717, 1.165) is 22.0 Å². The van der Waals surface area contributed by atoms with Gasteiger partial charge in [-0.25, -0.2) is 4.98 Å². The minimum atomic E-state index is -0.108. The number of hydrogen-bond donors (Lipinski definition) is 0. The summed E-state index contributed by atoms with van der Waals surface area (Å²) in [5, 5.41) is 7.70. The smallest absolute Gasteiger partial charge is 0.256 e. The lowest BCUT2D eigenvalue weighted by molar-refractivity contribution is 0.0729. The van der Waals surface area contributed by atoms with Crippen LogP contribution in [-0.4, -0.2) is 25.6 Å². The average molecular weight is 375 g/mol. The number of rotatable bonds is 5. The van der Waals surface area contributed by atoms with Gasteiger partial charge in [-0.05, 0) is 26.0 Å². The maximum Gasteiger partial charge on any atom is 0.256 e. The number of nitrogens with zero attached hydrogens (tertiary/aromatic N) is 4. The Morgan fingerprint density at radius 3 is 2.64 bits per heavy atom. The van der Waals surface area contributed by atoms with Gasteiger partial charge in [-0.15, -0.1) is 11.3 Å². The van der Waals surface area contributed by atoms with E-state index in [1.807, 2.05) is 43.1 Å². The SMILES string of the molecule is Cc1nn(C)c(C)c1CN(Cc1nccs1)C(=O)c1ccccc1Cl. The number of aromatic nitrogens is 3. The fraction of sp³-hybridized carbons (Fsp3) is 0.278. The van der Waals surface area contributed by atoms with E-state index in [-0.39, 0.29) is 5.91 Å². The first-order valence-corrected chi connectivity index (χ1v) is 9.14. The van der Waals surface area contributed by atoms with Crippen molar-refractivity contribution >= 4 is 28.8 Å². The van der Waals surface area contributed by atoms with Crippen LogP contribution in [-0.2, 0) is 20.1 Å². The molecule has 2 heterocycles. The average Bonchev–Trinajstić information content (AvgIpc) is 3.18. The van der Waals surface area contributed by atoms with Gasteiger partial charge in [0.1, 0.15) is 5.01 Å². The number of thiazole rings is 1. The van der Waals surface area contributed by atoms with E-state index < -0.39 is 0 Å². The molecule has 0 N–H and O–H groups in total. The van der Waals surface area contributed by atoms with E-state index in [2.05, 4.69) is 10.1 Å². The van der Waals surface area contributed by atoms with Crippen molar-refractivity contribution in [2.45, 2.75) is 26.9 Å². The van der Waals surface area contributed by atoms with Crippen molar-refractivity contribution in [1.29, 1.82) is 0 Å². The highest BCUT2D eigenvalue weighted by molar-refractivity contribution is 7.09. The summed E-state index contributed by atoms with van der Waals surface area (Å²) >= 11 is 7.77. The van der Waals surface area contributed by atoms with E-state index in [9.17, 15) is 4.79 Å². The van der Waals surface area contributed by atoms with Crippen molar-refractivity contribution in [3.63, 3.8) is 0 Å². The van der Waals surface area contributed by atoms with E-state index >= 15 is 0 Å². The summed E-state index contributed by atoms with van der Waals surface area (Å²) < 4.78 is 1.84. The van der Waals surface area contributed by atoms with Gasteiger partial charge in [0.05, 0.1) is 29.4 Å². The van der Waals surface area contributed by atoms with Gasteiger partial charge in [-0.3, -0.25) is 9.48 Å². The number of hydrogen-bond acceptors (Lipinski definition) is 4. The minimum absolute atomic E-state index is 0.108. The van der Waals surface area contributed by atoms with Gasteiger partial charge in [0.2, 0.25) is 0 Å². The fourth-order valence-corrected chi connectivity index (χ4v) is 3.58. The molecule has 130 valence electrons. The monoisotopic (exact) mass is 374 g/mol. The zero-order valence-corrected chi connectivity index (χ0v) is 15.9. The number of halogens is 1. The summed E-state index contributed by atoms with van der Waals surface area (Å²) in [6.45, 7) is 4.88. The van der Waals surface area contributed by atoms with Crippen LogP contribution in [0, 0.1) is 13.8 Å². The molecular weight excluding hydrogens is 356 g/mol. The minimum Gasteiger partial charge on any atom is -0.327 e. The predicted molar refractivity (Wildman–Crippen MR) is 99.8 cm³/mol. The molecule has 0 saturated heterocycles. The van der Waals surface area contributed by atoms with Crippen molar-refractivity contribution in [1.82, 2.24) is 19.7 Å². The molecule has 0 radical (unpaired) electrons. The van der Waals surface area contributed by atoms with E-state index in [4.69, 9.17) is 11.6 Å². The van der Waals surface area contributed by atoms with E-state index in [0.29, 0.717) is 23.7 Å². The number of amides is 1. The summed E-state index contributed by atoms with van der Waals surface area (Å²) in [6.07, 6.45) is 1.75. The molecule has 0 saturated carbocycles. The first-order chi connectivity index (χ1) is 12.0.